The number of anilines is 1. The van der Waals surface area contributed by atoms with E-state index in [9.17, 15) is 0 Å². The molecule has 2 aromatic carbocycles. The van der Waals surface area contributed by atoms with E-state index in [1.54, 1.807) is 0 Å². The van der Waals surface area contributed by atoms with E-state index in [2.05, 4.69) is 83.0 Å². The fraction of sp³-hybridized carbons (Fsp3) is 0.263. The number of hydrogen-bond donors (Lipinski definition) is 1. The van der Waals surface area contributed by atoms with E-state index < -0.39 is 0 Å². The molecule has 2 aromatic rings. The molecule has 1 saturated heterocycles. The zero-order valence-corrected chi connectivity index (χ0v) is 12.3. The van der Waals surface area contributed by atoms with Gasteiger partial charge in [-0.2, -0.15) is 0 Å². The molecule has 2 nitrogen and oxygen atoms in total. The first-order chi connectivity index (χ1) is 10.4. The number of nitrogens with zero attached hydrogens (tertiary/aromatic N) is 1. The van der Waals surface area contributed by atoms with E-state index in [4.69, 9.17) is 0 Å². The molecule has 1 aliphatic heterocycles. The first-order valence-corrected chi connectivity index (χ1v) is 7.67. The SMILES string of the molecule is C(=Cc1ccccc1)CC1CNCCN1c1ccccc1. The van der Waals surface area contributed by atoms with Crippen molar-refractivity contribution < 1.29 is 0 Å². The Morgan fingerprint density at radius 2 is 1.71 bits per heavy atom. The van der Waals surface area contributed by atoms with Gasteiger partial charge in [0.1, 0.15) is 0 Å². The van der Waals surface area contributed by atoms with Gasteiger partial charge in [0, 0.05) is 31.4 Å². The lowest BCUT2D eigenvalue weighted by Crippen LogP contribution is -2.51. The van der Waals surface area contributed by atoms with Crippen molar-refractivity contribution in [3.8, 4) is 0 Å². The minimum absolute atomic E-state index is 0.529. The van der Waals surface area contributed by atoms with E-state index in [0.29, 0.717) is 6.04 Å². The van der Waals surface area contributed by atoms with Gasteiger partial charge in [-0.05, 0) is 24.1 Å². The van der Waals surface area contributed by atoms with Gasteiger partial charge in [-0.15, -0.1) is 0 Å². The Bertz CT molecular complexity index is 563. The molecule has 1 heterocycles. The Balaban J connectivity index is 1.66. The average molecular weight is 278 g/mol. The highest BCUT2D eigenvalue weighted by Crippen LogP contribution is 2.20. The minimum Gasteiger partial charge on any atom is -0.366 e. The highest BCUT2D eigenvalue weighted by Gasteiger charge is 2.20. The molecule has 1 atom stereocenters. The fourth-order valence-electron chi connectivity index (χ4n) is 2.86. The van der Waals surface area contributed by atoms with Crippen LogP contribution in [0.4, 0.5) is 5.69 Å². The summed E-state index contributed by atoms with van der Waals surface area (Å²) in [6.45, 7) is 3.19. The monoisotopic (exact) mass is 278 g/mol. The maximum Gasteiger partial charge on any atom is 0.0449 e. The standard InChI is InChI=1S/C19H22N2/c1-3-8-17(9-4-1)10-7-13-19-16-20-14-15-21(19)18-11-5-2-6-12-18/h1-12,19-20H,13-16H2. The third kappa shape index (κ3) is 3.73. The second-order valence-corrected chi connectivity index (χ2v) is 5.44. The zero-order valence-electron chi connectivity index (χ0n) is 12.3. The second-order valence-electron chi connectivity index (χ2n) is 5.44. The number of rotatable bonds is 4. The van der Waals surface area contributed by atoms with Crippen molar-refractivity contribution in [3.63, 3.8) is 0 Å². The molecule has 0 amide bonds. The van der Waals surface area contributed by atoms with Gasteiger partial charge in [0.25, 0.3) is 0 Å². The molecule has 0 spiro atoms. The lowest BCUT2D eigenvalue weighted by molar-refractivity contribution is 0.479. The summed E-state index contributed by atoms with van der Waals surface area (Å²) >= 11 is 0. The highest BCUT2D eigenvalue weighted by molar-refractivity contribution is 5.50. The second kappa shape index (κ2) is 7.09. The molecule has 1 aliphatic rings. The Morgan fingerprint density at radius 3 is 2.48 bits per heavy atom. The van der Waals surface area contributed by atoms with E-state index in [1.165, 1.54) is 11.3 Å². The normalized spacial score (nSPS) is 19.0. The number of nitrogens with one attached hydrogen (secondary N) is 1. The van der Waals surface area contributed by atoms with Crippen LogP contribution in [0.1, 0.15) is 12.0 Å². The Hall–Kier alpha value is -2.06. The molecule has 1 N–H and O–H groups in total. The Morgan fingerprint density at radius 1 is 1.00 bits per heavy atom. The molecule has 0 aromatic heterocycles. The van der Waals surface area contributed by atoms with E-state index >= 15 is 0 Å². The summed E-state index contributed by atoms with van der Waals surface area (Å²) in [6.07, 6.45) is 5.58. The van der Waals surface area contributed by atoms with Crippen molar-refractivity contribution in [2.24, 2.45) is 0 Å². The largest absolute Gasteiger partial charge is 0.366 e. The Kier molecular flexibility index (Phi) is 4.70. The third-order valence-corrected chi connectivity index (χ3v) is 3.96. The summed E-state index contributed by atoms with van der Waals surface area (Å²) in [5.41, 5.74) is 2.60. The fourth-order valence-corrected chi connectivity index (χ4v) is 2.86. The predicted octanol–water partition coefficient (Wildman–Crippen LogP) is 3.57. The molecular weight excluding hydrogens is 256 g/mol. The van der Waals surface area contributed by atoms with Gasteiger partial charge >= 0.3 is 0 Å². The van der Waals surface area contributed by atoms with Crippen LogP contribution in [0.15, 0.2) is 66.7 Å². The number of para-hydroxylation sites is 1. The number of piperazine rings is 1. The van der Waals surface area contributed by atoms with Gasteiger partial charge in [-0.25, -0.2) is 0 Å². The van der Waals surface area contributed by atoms with Crippen molar-refractivity contribution in [3.05, 3.63) is 72.3 Å². The smallest absolute Gasteiger partial charge is 0.0449 e. The minimum atomic E-state index is 0.529. The molecule has 0 saturated carbocycles. The van der Waals surface area contributed by atoms with E-state index in [0.717, 1.165) is 26.1 Å². The summed E-state index contributed by atoms with van der Waals surface area (Å²) in [6, 6.07) is 21.8. The van der Waals surface area contributed by atoms with E-state index in [-0.39, 0.29) is 0 Å². The zero-order chi connectivity index (χ0) is 14.3. The summed E-state index contributed by atoms with van der Waals surface area (Å²) < 4.78 is 0. The van der Waals surface area contributed by atoms with Gasteiger partial charge in [0.2, 0.25) is 0 Å². The van der Waals surface area contributed by atoms with Crippen molar-refractivity contribution >= 4 is 11.8 Å². The molecule has 2 heteroatoms. The van der Waals surface area contributed by atoms with Crippen LogP contribution >= 0.6 is 0 Å². The van der Waals surface area contributed by atoms with Crippen LogP contribution in [0.2, 0.25) is 0 Å². The lowest BCUT2D eigenvalue weighted by Gasteiger charge is -2.37. The maximum absolute atomic E-state index is 3.51. The Labute approximate surface area is 127 Å². The molecule has 0 aliphatic carbocycles. The summed E-state index contributed by atoms with van der Waals surface area (Å²) in [7, 11) is 0. The molecule has 1 unspecified atom stereocenters. The van der Waals surface area contributed by atoms with E-state index in [1.807, 2.05) is 0 Å². The maximum atomic E-state index is 3.51. The molecule has 0 bridgehead atoms. The molecular formula is C19H22N2. The summed E-state index contributed by atoms with van der Waals surface area (Å²) in [5, 5.41) is 3.51. The van der Waals surface area contributed by atoms with Crippen LogP contribution in [-0.2, 0) is 0 Å². The molecule has 21 heavy (non-hydrogen) atoms. The van der Waals surface area contributed by atoms with Crippen molar-refractivity contribution in [2.75, 3.05) is 24.5 Å². The van der Waals surface area contributed by atoms with Crippen LogP contribution in [0.25, 0.3) is 6.08 Å². The first kappa shape index (κ1) is 13.9. The quantitative estimate of drug-likeness (QED) is 0.920. The summed E-state index contributed by atoms with van der Waals surface area (Å²) in [5.74, 6) is 0. The van der Waals surface area contributed by atoms with Gasteiger partial charge < -0.3 is 10.2 Å². The summed E-state index contributed by atoms with van der Waals surface area (Å²) in [4.78, 5) is 2.52. The van der Waals surface area contributed by atoms with Crippen molar-refractivity contribution in [1.82, 2.24) is 5.32 Å². The van der Waals surface area contributed by atoms with Gasteiger partial charge in [0.05, 0.1) is 0 Å². The lowest BCUT2D eigenvalue weighted by atomic mass is 10.1. The van der Waals surface area contributed by atoms with Crippen LogP contribution in [0.5, 0.6) is 0 Å². The van der Waals surface area contributed by atoms with Gasteiger partial charge in [-0.3, -0.25) is 0 Å². The number of hydrogen-bond acceptors (Lipinski definition) is 2. The molecule has 108 valence electrons. The van der Waals surface area contributed by atoms with Crippen LogP contribution in [0.3, 0.4) is 0 Å². The van der Waals surface area contributed by atoms with Crippen LogP contribution in [-0.4, -0.2) is 25.7 Å². The predicted molar refractivity (Wildman–Crippen MR) is 90.5 cm³/mol. The first-order valence-electron chi connectivity index (χ1n) is 7.67. The third-order valence-electron chi connectivity index (χ3n) is 3.96. The molecule has 1 fully saturated rings. The number of benzene rings is 2. The average Bonchev–Trinajstić information content (AvgIpc) is 2.57. The van der Waals surface area contributed by atoms with Crippen molar-refractivity contribution in [2.45, 2.75) is 12.5 Å². The van der Waals surface area contributed by atoms with Gasteiger partial charge in [-0.1, -0.05) is 60.7 Å². The van der Waals surface area contributed by atoms with Crippen molar-refractivity contribution in [1.29, 1.82) is 0 Å². The van der Waals surface area contributed by atoms with Crippen LogP contribution in [0, 0.1) is 0 Å². The highest BCUT2D eigenvalue weighted by atomic mass is 15.2. The molecule has 3 rings (SSSR count). The molecule has 0 radical (unpaired) electrons. The van der Waals surface area contributed by atoms with Crippen LogP contribution < -0.4 is 10.2 Å². The topological polar surface area (TPSA) is 15.3 Å². The van der Waals surface area contributed by atoms with Gasteiger partial charge in [0.15, 0.2) is 0 Å².